The predicted molar refractivity (Wildman–Crippen MR) is 80.7 cm³/mol. The summed E-state index contributed by atoms with van der Waals surface area (Å²) in [7, 11) is -0.616. The molecular weight excluding hydrogens is 277 g/mol. The number of benzene rings is 2. The van der Waals surface area contributed by atoms with Gasteiger partial charge in [0.15, 0.2) is 0 Å². The van der Waals surface area contributed by atoms with E-state index in [0.717, 1.165) is 11.1 Å². The zero-order valence-corrected chi connectivity index (χ0v) is 11.8. The van der Waals surface area contributed by atoms with Crippen LogP contribution in [0.1, 0.15) is 5.56 Å². The van der Waals surface area contributed by atoms with Gasteiger partial charge in [-0.05, 0) is 36.1 Å². The van der Waals surface area contributed by atoms with Crippen LogP contribution in [-0.2, 0) is 6.54 Å². The van der Waals surface area contributed by atoms with Gasteiger partial charge in [0.05, 0.1) is 0 Å². The van der Waals surface area contributed by atoms with E-state index in [1.807, 2.05) is 24.3 Å². The van der Waals surface area contributed by atoms with E-state index < -0.39 is 7.05 Å². The SMILES string of the molecule is CB(O)NNCc1ccc(-c2cc(Cl)ccc2F)cc1. The largest absolute Gasteiger partial charge is 0.437 e. The Morgan fingerprint density at radius 3 is 2.55 bits per heavy atom. The summed E-state index contributed by atoms with van der Waals surface area (Å²) in [6, 6.07) is 12.0. The summed E-state index contributed by atoms with van der Waals surface area (Å²) in [5.41, 5.74) is 5.16. The van der Waals surface area contributed by atoms with Crippen molar-refractivity contribution in [3.05, 3.63) is 58.9 Å². The molecule has 0 radical (unpaired) electrons. The monoisotopic (exact) mass is 292 g/mol. The standard InChI is InChI=1S/C14H15BClFN2O/c1-15(20)19-18-9-10-2-4-11(5-3-10)13-8-12(16)6-7-14(13)17/h2-8,18-20H,9H2,1H3. The molecule has 0 aliphatic rings. The van der Waals surface area contributed by atoms with Crippen molar-refractivity contribution in [3.63, 3.8) is 0 Å². The first kappa shape index (κ1) is 15.0. The molecule has 2 rings (SSSR count). The smallest absolute Gasteiger partial charge is 0.387 e. The first-order valence-electron chi connectivity index (χ1n) is 6.27. The summed E-state index contributed by atoms with van der Waals surface area (Å²) in [5, 5.41) is 12.2. The minimum Gasteiger partial charge on any atom is -0.437 e. The Labute approximate surface area is 122 Å². The fraction of sp³-hybridized carbons (Fsp3) is 0.143. The Morgan fingerprint density at radius 2 is 1.90 bits per heavy atom. The van der Waals surface area contributed by atoms with Crippen LogP contribution in [0.25, 0.3) is 11.1 Å². The average molecular weight is 293 g/mol. The number of hydrogen-bond acceptors (Lipinski definition) is 3. The van der Waals surface area contributed by atoms with Crippen LogP contribution in [0, 0.1) is 5.82 Å². The molecule has 0 saturated carbocycles. The van der Waals surface area contributed by atoms with Crippen molar-refractivity contribution in [1.82, 2.24) is 10.8 Å². The molecule has 2 aromatic rings. The molecule has 0 amide bonds. The summed E-state index contributed by atoms with van der Waals surface area (Å²) in [6.45, 7) is 2.18. The molecule has 0 aliphatic heterocycles. The molecule has 0 aromatic heterocycles. The number of rotatable bonds is 5. The molecule has 0 fully saturated rings. The average Bonchev–Trinajstić information content (AvgIpc) is 2.42. The van der Waals surface area contributed by atoms with Crippen LogP contribution < -0.4 is 10.8 Å². The summed E-state index contributed by atoms with van der Waals surface area (Å²) < 4.78 is 13.7. The Kier molecular flexibility index (Phi) is 5.14. The Bertz CT molecular complexity index is 578. The van der Waals surface area contributed by atoms with Gasteiger partial charge < -0.3 is 5.02 Å². The lowest BCUT2D eigenvalue weighted by Gasteiger charge is -2.08. The third kappa shape index (κ3) is 4.05. The van der Waals surface area contributed by atoms with Crippen LogP contribution >= 0.6 is 11.6 Å². The number of hydrazine groups is 1. The minimum absolute atomic E-state index is 0.295. The molecule has 0 bridgehead atoms. The highest BCUT2D eigenvalue weighted by molar-refractivity contribution is 6.45. The molecule has 0 aliphatic carbocycles. The second kappa shape index (κ2) is 6.86. The van der Waals surface area contributed by atoms with Gasteiger partial charge in [0.25, 0.3) is 0 Å². The van der Waals surface area contributed by atoms with Gasteiger partial charge in [-0.15, -0.1) is 0 Å². The van der Waals surface area contributed by atoms with Gasteiger partial charge in [0.2, 0.25) is 0 Å². The molecule has 104 valence electrons. The van der Waals surface area contributed by atoms with E-state index >= 15 is 0 Å². The van der Waals surface area contributed by atoms with Gasteiger partial charge in [0.1, 0.15) is 5.82 Å². The number of nitrogens with one attached hydrogen (secondary N) is 2. The minimum atomic E-state index is -0.616. The zero-order chi connectivity index (χ0) is 14.5. The van der Waals surface area contributed by atoms with E-state index in [9.17, 15) is 4.39 Å². The van der Waals surface area contributed by atoms with Crippen LogP contribution in [0.15, 0.2) is 42.5 Å². The van der Waals surface area contributed by atoms with Crippen molar-refractivity contribution in [2.24, 2.45) is 0 Å². The highest BCUT2D eigenvalue weighted by atomic mass is 35.5. The van der Waals surface area contributed by atoms with E-state index in [-0.39, 0.29) is 5.82 Å². The van der Waals surface area contributed by atoms with Crippen LogP contribution in [0.4, 0.5) is 4.39 Å². The summed E-state index contributed by atoms with van der Waals surface area (Å²) in [6.07, 6.45) is 0. The fourth-order valence-corrected chi connectivity index (χ4v) is 1.99. The molecule has 0 spiro atoms. The lowest BCUT2D eigenvalue weighted by Crippen LogP contribution is -2.41. The van der Waals surface area contributed by atoms with Crippen LogP contribution in [-0.4, -0.2) is 12.1 Å². The van der Waals surface area contributed by atoms with E-state index in [4.69, 9.17) is 16.6 Å². The van der Waals surface area contributed by atoms with Gasteiger partial charge in [-0.25, -0.2) is 4.39 Å². The van der Waals surface area contributed by atoms with Crippen LogP contribution in [0.3, 0.4) is 0 Å². The van der Waals surface area contributed by atoms with Crippen molar-refractivity contribution in [3.8, 4) is 11.1 Å². The summed E-state index contributed by atoms with van der Waals surface area (Å²) in [4.78, 5) is 0. The van der Waals surface area contributed by atoms with Gasteiger partial charge in [0, 0.05) is 17.1 Å². The highest BCUT2D eigenvalue weighted by Gasteiger charge is 2.06. The van der Waals surface area contributed by atoms with Crippen molar-refractivity contribution in [1.29, 1.82) is 0 Å². The second-order valence-electron chi connectivity index (χ2n) is 4.49. The molecule has 3 nitrogen and oxygen atoms in total. The number of hydrogen-bond donors (Lipinski definition) is 3. The van der Waals surface area contributed by atoms with Gasteiger partial charge in [-0.3, -0.25) is 10.8 Å². The van der Waals surface area contributed by atoms with Crippen molar-refractivity contribution in [2.75, 3.05) is 0 Å². The molecular formula is C14H15BClFN2O. The molecule has 0 unspecified atom stereocenters. The molecule has 0 atom stereocenters. The van der Waals surface area contributed by atoms with E-state index in [1.165, 1.54) is 12.1 Å². The van der Waals surface area contributed by atoms with E-state index in [2.05, 4.69) is 10.8 Å². The van der Waals surface area contributed by atoms with Crippen molar-refractivity contribution in [2.45, 2.75) is 13.4 Å². The van der Waals surface area contributed by atoms with Crippen LogP contribution in [0.5, 0.6) is 0 Å². The Balaban J connectivity index is 2.09. The molecule has 3 N–H and O–H groups in total. The van der Waals surface area contributed by atoms with Gasteiger partial charge in [-0.2, -0.15) is 0 Å². The van der Waals surface area contributed by atoms with E-state index in [0.29, 0.717) is 17.1 Å². The lowest BCUT2D eigenvalue weighted by atomic mass is 9.91. The molecule has 20 heavy (non-hydrogen) atoms. The maximum absolute atomic E-state index is 13.7. The zero-order valence-electron chi connectivity index (χ0n) is 11.0. The van der Waals surface area contributed by atoms with Gasteiger partial charge >= 0.3 is 7.05 Å². The normalized spacial score (nSPS) is 10.6. The third-order valence-electron chi connectivity index (χ3n) is 2.80. The maximum atomic E-state index is 13.7. The molecule has 0 saturated heterocycles. The summed E-state index contributed by atoms with van der Waals surface area (Å²) >= 11 is 5.89. The fourth-order valence-electron chi connectivity index (χ4n) is 1.82. The Morgan fingerprint density at radius 1 is 1.20 bits per heavy atom. The maximum Gasteiger partial charge on any atom is 0.387 e. The quantitative estimate of drug-likeness (QED) is 0.586. The molecule has 2 aromatic carbocycles. The predicted octanol–water partition coefficient (Wildman–Crippen LogP) is 2.85. The third-order valence-corrected chi connectivity index (χ3v) is 3.03. The van der Waals surface area contributed by atoms with Crippen LogP contribution in [0.2, 0.25) is 11.8 Å². The first-order valence-corrected chi connectivity index (χ1v) is 6.65. The van der Waals surface area contributed by atoms with E-state index in [1.54, 1.807) is 12.9 Å². The van der Waals surface area contributed by atoms with Crippen molar-refractivity contribution < 1.29 is 9.41 Å². The molecule has 6 heteroatoms. The van der Waals surface area contributed by atoms with Gasteiger partial charge in [-0.1, -0.05) is 35.9 Å². The summed E-state index contributed by atoms with van der Waals surface area (Å²) in [5.74, 6) is -0.295. The number of halogens is 2. The van der Waals surface area contributed by atoms with Crippen molar-refractivity contribution >= 4 is 18.7 Å². The topological polar surface area (TPSA) is 44.3 Å². The Hall–Kier alpha value is -1.40. The molecule has 0 heterocycles. The highest BCUT2D eigenvalue weighted by Crippen LogP contribution is 2.26. The lowest BCUT2D eigenvalue weighted by molar-refractivity contribution is 0.520. The first-order chi connectivity index (χ1) is 9.56. The second-order valence-corrected chi connectivity index (χ2v) is 4.93.